The highest BCUT2D eigenvalue weighted by molar-refractivity contribution is 7.14. The zero-order chi connectivity index (χ0) is 19.5. The van der Waals surface area contributed by atoms with Gasteiger partial charge in [0.15, 0.2) is 5.13 Å². The normalized spacial score (nSPS) is 11.1. The number of fused-ring (bicyclic) bond motifs is 1. The van der Waals surface area contributed by atoms with Crippen molar-refractivity contribution in [3.05, 3.63) is 83.2 Å². The highest BCUT2D eigenvalue weighted by Crippen LogP contribution is 2.31. The monoisotopic (exact) mass is 386 g/mol. The number of hydrogen-bond donors (Lipinski definition) is 1. The second-order valence-corrected chi connectivity index (χ2v) is 8.04. The quantitative estimate of drug-likeness (QED) is 0.439. The molecule has 1 aromatic heterocycles. The lowest BCUT2D eigenvalue weighted by Crippen LogP contribution is -2.14. The van der Waals surface area contributed by atoms with Crippen LogP contribution >= 0.6 is 11.3 Å². The zero-order valence-electron chi connectivity index (χ0n) is 16.0. The first-order valence-electron chi connectivity index (χ1n) is 9.42. The lowest BCUT2D eigenvalue weighted by Gasteiger charge is -2.07. The van der Waals surface area contributed by atoms with Crippen molar-refractivity contribution in [1.82, 2.24) is 4.98 Å². The van der Waals surface area contributed by atoms with E-state index in [1.165, 1.54) is 27.7 Å². The molecule has 140 valence electrons. The average Bonchev–Trinajstić information content (AvgIpc) is 3.16. The van der Waals surface area contributed by atoms with E-state index in [1.807, 2.05) is 35.7 Å². The Bertz CT molecular complexity index is 1110. The van der Waals surface area contributed by atoms with Crippen molar-refractivity contribution in [2.75, 3.05) is 5.32 Å². The molecule has 0 bridgehead atoms. The van der Waals surface area contributed by atoms with E-state index in [0.29, 0.717) is 17.5 Å². The van der Waals surface area contributed by atoms with Crippen LogP contribution < -0.4 is 5.32 Å². The molecule has 28 heavy (non-hydrogen) atoms. The molecule has 0 spiro atoms. The molecule has 0 saturated heterocycles. The number of anilines is 1. The summed E-state index contributed by atoms with van der Waals surface area (Å²) in [5, 5.41) is 7.91. The second-order valence-electron chi connectivity index (χ2n) is 7.19. The van der Waals surface area contributed by atoms with Crippen LogP contribution in [-0.2, 0) is 11.2 Å². The van der Waals surface area contributed by atoms with Crippen molar-refractivity contribution < 1.29 is 4.79 Å². The number of aromatic nitrogens is 1. The van der Waals surface area contributed by atoms with Crippen LogP contribution in [0.4, 0.5) is 5.13 Å². The molecule has 3 nitrogen and oxygen atoms in total. The summed E-state index contributed by atoms with van der Waals surface area (Å²) in [6.07, 6.45) is 0.349. The van der Waals surface area contributed by atoms with Crippen LogP contribution in [0.15, 0.2) is 72.1 Å². The van der Waals surface area contributed by atoms with Crippen molar-refractivity contribution in [3.8, 4) is 11.3 Å². The minimum atomic E-state index is -0.0453. The number of benzene rings is 3. The van der Waals surface area contributed by atoms with Crippen molar-refractivity contribution in [2.24, 2.45) is 0 Å². The Balaban J connectivity index is 1.48. The lowest BCUT2D eigenvalue weighted by molar-refractivity contribution is -0.115. The first kappa shape index (κ1) is 18.4. The Morgan fingerprint density at radius 1 is 1.00 bits per heavy atom. The fourth-order valence-electron chi connectivity index (χ4n) is 3.27. The minimum absolute atomic E-state index is 0.0453. The summed E-state index contributed by atoms with van der Waals surface area (Å²) in [6, 6.07) is 22.7. The first-order valence-corrected chi connectivity index (χ1v) is 10.3. The van der Waals surface area contributed by atoms with Gasteiger partial charge in [-0.1, -0.05) is 80.6 Å². The number of rotatable bonds is 5. The number of thiazole rings is 1. The molecule has 0 unspecified atom stereocenters. The summed E-state index contributed by atoms with van der Waals surface area (Å²) < 4.78 is 0. The zero-order valence-corrected chi connectivity index (χ0v) is 16.8. The van der Waals surface area contributed by atoms with Crippen molar-refractivity contribution in [3.63, 3.8) is 0 Å². The van der Waals surface area contributed by atoms with Crippen LogP contribution in [-0.4, -0.2) is 10.9 Å². The van der Waals surface area contributed by atoms with Gasteiger partial charge in [-0.2, -0.15) is 0 Å². The van der Waals surface area contributed by atoms with E-state index in [2.05, 4.69) is 60.5 Å². The molecule has 0 aliphatic rings. The molecule has 4 heteroatoms. The maximum absolute atomic E-state index is 12.4. The van der Waals surface area contributed by atoms with Crippen LogP contribution in [0.3, 0.4) is 0 Å². The molecule has 4 rings (SSSR count). The number of carbonyl (C=O) groups excluding carboxylic acids is 1. The van der Waals surface area contributed by atoms with Gasteiger partial charge in [0.1, 0.15) is 0 Å². The van der Waals surface area contributed by atoms with Crippen molar-refractivity contribution in [2.45, 2.75) is 26.2 Å². The van der Waals surface area contributed by atoms with Crippen LogP contribution in [0.25, 0.3) is 22.0 Å². The number of hydrogen-bond acceptors (Lipinski definition) is 3. The summed E-state index contributed by atoms with van der Waals surface area (Å²) in [7, 11) is 0. The maximum atomic E-state index is 12.4. The topological polar surface area (TPSA) is 42.0 Å². The number of amides is 1. The van der Waals surface area contributed by atoms with E-state index in [1.54, 1.807) is 0 Å². The molecule has 0 aliphatic heterocycles. The van der Waals surface area contributed by atoms with Gasteiger partial charge >= 0.3 is 0 Å². The van der Waals surface area contributed by atoms with Crippen LogP contribution in [0.1, 0.15) is 30.9 Å². The molecule has 1 heterocycles. The van der Waals surface area contributed by atoms with Crippen LogP contribution in [0, 0.1) is 0 Å². The largest absolute Gasteiger partial charge is 0.302 e. The number of nitrogens with one attached hydrogen (secondary N) is 1. The molecular formula is C24H22N2OS. The lowest BCUT2D eigenvalue weighted by atomic mass is 10.0. The van der Waals surface area contributed by atoms with Crippen LogP contribution in [0.2, 0.25) is 0 Å². The Morgan fingerprint density at radius 3 is 2.54 bits per heavy atom. The minimum Gasteiger partial charge on any atom is -0.302 e. The van der Waals surface area contributed by atoms with E-state index in [9.17, 15) is 4.79 Å². The summed E-state index contributed by atoms with van der Waals surface area (Å²) in [5.74, 6) is 0.446. The fraction of sp³-hybridized carbons (Fsp3) is 0.167. The molecule has 1 amide bonds. The molecule has 0 atom stereocenters. The van der Waals surface area contributed by atoms with E-state index < -0.39 is 0 Å². The summed E-state index contributed by atoms with van der Waals surface area (Å²) >= 11 is 1.46. The second kappa shape index (κ2) is 7.95. The third kappa shape index (κ3) is 3.97. The molecule has 1 N–H and O–H groups in total. The Kier molecular flexibility index (Phi) is 5.22. The van der Waals surface area contributed by atoms with Gasteiger partial charge in [-0.25, -0.2) is 4.98 Å². The van der Waals surface area contributed by atoms with Gasteiger partial charge in [0.2, 0.25) is 5.91 Å². The molecule has 0 radical (unpaired) electrons. The SMILES string of the molecule is CC(C)c1ccc(CC(=O)Nc2nc(-c3cccc4ccccc34)cs2)cc1. The predicted octanol–water partition coefficient (Wildman–Crippen LogP) is 6.27. The molecule has 4 aromatic rings. The van der Waals surface area contributed by atoms with E-state index in [0.717, 1.165) is 16.8 Å². The molecule has 0 saturated carbocycles. The molecule has 0 fully saturated rings. The Morgan fingerprint density at radius 2 is 1.75 bits per heavy atom. The third-order valence-corrected chi connectivity index (χ3v) is 5.58. The molecule has 0 aliphatic carbocycles. The maximum Gasteiger partial charge on any atom is 0.230 e. The predicted molar refractivity (Wildman–Crippen MR) is 118 cm³/mol. The molecular weight excluding hydrogens is 364 g/mol. The van der Waals surface area contributed by atoms with Gasteiger partial charge < -0.3 is 5.32 Å². The first-order chi connectivity index (χ1) is 13.6. The third-order valence-electron chi connectivity index (χ3n) is 4.83. The van der Waals surface area contributed by atoms with E-state index in [4.69, 9.17) is 0 Å². The average molecular weight is 387 g/mol. The molecule has 3 aromatic carbocycles. The summed E-state index contributed by atoms with van der Waals surface area (Å²) in [6.45, 7) is 4.33. The Labute approximate surface area is 169 Å². The van der Waals surface area contributed by atoms with Crippen molar-refractivity contribution in [1.29, 1.82) is 0 Å². The summed E-state index contributed by atoms with van der Waals surface area (Å²) in [4.78, 5) is 17.1. The van der Waals surface area contributed by atoms with Gasteiger partial charge in [-0.15, -0.1) is 11.3 Å². The number of carbonyl (C=O) groups is 1. The van der Waals surface area contributed by atoms with E-state index in [-0.39, 0.29) is 5.91 Å². The van der Waals surface area contributed by atoms with Crippen molar-refractivity contribution >= 4 is 33.1 Å². The fourth-order valence-corrected chi connectivity index (χ4v) is 4.00. The van der Waals surface area contributed by atoms with E-state index >= 15 is 0 Å². The Hall–Kier alpha value is -2.98. The highest BCUT2D eigenvalue weighted by atomic mass is 32.1. The smallest absolute Gasteiger partial charge is 0.230 e. The van der Waals surface area contributed by atoms with Gasteiger partial charge in [-0.05, 0) is 27.8 Å². The van der Waals surface area contributed by atoms with Gasteiger partial charge in [-0.3, -0.25) is 4.79 Å². The highest BCUT2D eigenvalue weighted by Gasteiger charge is 2.11. The number of nitrogens with zero attached hydrogens (tertiary/aromatic N) is 1. The standard InChI is InChI=1S/C24H22N2OS/c1-16(2)18-12-10-17(11-13-18)14-23(27)26-24-25-22(15-28-24)21-9-5-7-19-6-3-4-8-20(19)21/h3-13,15-16H,14H2,1-2H3,(H,25,26,27). The van der Waals surface area contributed by atoms with Gasteiger partial charge in [0, 0.05) is 10.9 Å². The van der Waals surface area contributed by atoms with Gasteiger partial charge in [0.05, 0.1) is 12.1 Å². The van der Waals surface area contributed by atoms with Gasteiger partial charge in [0.25, 0.3) is 0 Å². The van der Waals surface area contributed by atoms with Crippen LogP contribution in [0.5, 0.6) is 0 Å². The summed E-state index contributed by atoms with van der Waals surface area (Å²) in [5.41, 5.74) is 4.26.